The van der Waals surface area contributed by atoms with E-state index in [1.54, 1.807) is 22.6 Å². The molecule has 0 aromatic carbocycles. The smallest absolute Gasteiger partial charge is 0.464 e. The topological polar surface area (TPSA) is 74.4 Å². The Bertz CT molecular complexity index is 465. The van der Waals surface area contributed by atoms with Crippen LogP contribution >= 0.6 is 22.6 Å². The summed E-state index contributed by atoms with van der Waals surface area (Å²) in [4.78, 5) is 15.0. The molecule has 0 saturated heterocycles. The van der Waals surface area contributed by atoms with Crippen LogP contribution in [0.25, 0.3) is 0 Å². The minimum Gasteiger partial charge on any atom is -0.464 e. The zero-order valence-corrected chi connectivity index (χ0v) is 11.2. The number of ether oxygens (including phenoxy) is 2. The lowest BCUT2D eigenvalue weighted by atomic mass is 10.2. The van der Waals surface area contributed by atoms with Gasteiger partial charge in [-0.1, -0.05) is 0 Å². The molecular weight excluding hydrogens is 368 g/mol. The number of methoxy groups -OCH3 is 1. The third-order valence-corrected chi connectivity index (χ3v) is 2.75. The molecule has 0 fully saturated rings. The van der Waals surface area contributed by atoms with Gasteiger partial charge < -0.3 is 15.2 Å². The summed E-state index contributed by atoms with van der Waals surface area (Å²) in [6.45, 7) is -0.196. The minimum atomic E-state index is -4.87. The molecule has 0 radical (unpaired) electrons. The highest BCUT2D eigenvalue weighted by atomic mass is 127. The van der Waals surface area contributed by atoms with Crippen LogP contribution in [-0.4, -0.2) is 24.4 Å². The van der Waals surface area contributed by atoms with Crippen LogP contribution in [0.1, 0.15) is 16.1 Å². The van der Waals surface area contributed by atoms with Crippen molar-refractivity contribution in [2.75, 3.05) is 7.11 Å². The molecule has 5 nitrogen and oxygen atoms in total. The third-order valence-electron chi connectivity index (χ3n) is 1.86. The number of pyridine rings is 1. The molecule has 1 rings (SSSR count). The van der Waals surface area contributed by atoms with Gasteiger partial charge in [0.15, 0.2) is 5.69 Å². The van der Waals surface area contributed by atoms with Gasteiger partial charge in [-0.05, 0) is 22.6 Å². The Hall–Kier alpha value is -1.10. The number of rotatable bonds is 3. The number of aromatic nitrogens is 1. The molecule has 100 valence electrons. The molecule has 0 saturated carbocycles. The highest BCUT2D eigenvalue weighted by molar-refractivity contribution is 14.1. The number of alkyl halides is 3. The van der Waals surface area contributed by atoms with Gasteiger partial charge in [-0.3, -0.25) is 0 Å². The van der Waals surface area contributed by atoms with E-state index in [0.29, 0.717) is 0 Å². The summed E-state index contributed by atoms with van der Waals surface area (Å²) in [6, 6.07) is 0.851. The predicted octanol–water partition coefficient (Wildman–Crippen LogP) is 1.83. The number of nitrogens with zero attached hydrogens (tertiary/aromatic N) is 1. The van der Waals surface area contributed by atoms with E-state index < -0.39 is 18.1 Å². The number of hydrogen-bond acceptors (Lipinski definition) is 5. The highest BCUT2D eigenvalue weighted by Crippen LogP contribution is 2.29. The zero-order valence-electron chi connectivity index (χ0n) is 9.05. The van der Waals surface area contributed by atoms with Gasteiger partial charge in [-0.25, -0.2) is 9.78 Å². The molecular formula is C9H8F3IN2O3. The Balaban J connectivity index is 3.28. The number of carbonyl (C=O) groups excluding carboxylic acids is 1. The largest absolute Gasteiger partial charge is 0.573 e. The molecule has 2 N–H and O–H groups in total. The summed E-state index contributed by atoms with van der Waals surface area (Å²) in [7, 11) is 1.10. The maximum absolute atomic E-state index is 12.2. The lowest BCUT2D eigenvalue weighted by Gasteiger charge is -2.14. The molecule has 18 heavy (non-hydrogen) atoms. The van der Waals surface area contributed by atoms with Crippen molar-refractivity contribution in [2.24, 2.45) is 5.73 Å². The Morgan fingerprint density at radius 1 is 1.56 bits per heavy atom. The Morgan fingerprint density at radius 2 is 2.17 bits per heavy atom. The summed E-state index contributed by atoms with van der Waals surface area (Å²) < 4.78 is 44.9. The van der Waals surface area contributed by atoms with Gasteiger partial charge in [0.25, 0.3) is 0 Å². The molecule has 0 aliphatic rings. The van der Waals surface area contributed by atoms with Crippen LogP contribution in [0.4, 0.5) is 13.2 Å². The first-order valence-electron chi connectivity index (χ1n) is 4.52. The van der Waals surface area contributed by atoms with Crippen molar-refractivity contribution in [1.82, 2.24) is 4.98 Å². The Kier molecular flexibility index (Phi) is 4.73. The first-order valence-corrected chi connectivity index (χ1v) is 5.60. The monoisotopic (exact) mass is 376 g/mol. The van der Waals surface area contributed by atoms with Crippen molar-refractivity contribution < 1.29 is 27.4 Å². The quantitative estimate of drug-likeness (QED) is 0.495. The Labute approximate surface area is 114 Å². The van der Waals surface area contributed by atoms with Gasteiger partial charge in [0.2, 0.25) is 0 Å². The average Bonchev–Trinajstić information content (AvgIpc) is 2.25. The molecule has 1 aromatic rings. The van der Waals surface area contributed by atoms with Crippen molar-refractivity contribution in [3.05, 3.63) is 21.0 Å². The molecule has 0 spiro atoms. The van der Waals surface area contributed by atoms with Crippen molar-refractivity contribution in [1.29, 1.82) is 0 Å². The SMILES string of the molecule is COC(=O)c1cc(OC(F)(F)F)c(CN)c(I)n1. The second-order valence-electron chi connectivity index (χ2n) is 3.02. The van der Waals surface area contributed by atoms with E-state index in [1.165, 1.54) is 0 Å². The van der Waals surface area contributed by atoms with Crippen LogP contribution in [0.15, 0.2) is 6.07 Å². The molecule has 9 heteroatoms. The van der Waals surface area contributed by atoms with Crippen molar-refractivity contribution in [3.63, 3.8) is 0 Å². The summed E-state index contributed by atoms with van der Waals surface area (Å²) in [5.41, 5.74) is 5.11. The highest BCUT2D eigenvalue weighted by Gasteiger charge is 2.33. The predicted molar refractivity (Wildman–Crippen MR) is 62.9 cm³/mol. The van der Waals surface area contributed by atoms with E-state index >= 15 is 0 Å². The first-order chi connectivity index (χ1) is 8.28. The van der Waals surface area contributed by atoms with E-state index in [2.05, 4.69) is 14.5 Å². The fraction of sp³-hybridized carbons (Fsp3) is 0.333. The number of esters is 1. The van der Waals surface area contributed by atoms with Crippen LogP contribution < -0.4 is 10.5 Å². The van der Waals surface area contributed by atoms with E-state index in [1.807, 2.05) is 0 Å². The first kappa shape index (κ1) is 15.0. The lowest BCUT2D eigenvalue weighted by Crippen LogP contribution is -2.20. The normalized spacial score (nSPS) is 11.2. The molecule has 1 aromatic heterocycles. The van der Waals surface area contributed by atoms with E-state index in [9.17, 15) is 18.0 Å². The minimum absolute atomic E-state index is 0.0700. The third kappa shape index (κ3) is 3.70. The van der Waals surface area contributed by atoms with Gasteiger partial charge in [-0.15, -0.1) is 13.2 Å². The molecule has 0 aliphatic carbocycles. The molecule has 0 bridgehead atoms. The van der Waals surface area contributed by atoms with Crippen LogP contribution in [0.3, 0.4) is 0 Å². The molecule has 0 amide bonds. The van der Waals surface area contributed by atoms with Gasteiger partial charge in [0.1, 0.15) is 9.45 Å². The zero-order chi connectivity index (χ0) is 13.9. The standard InChI is InChI=1S/C9H8F3IN2O3/c1-17-8(16)5-2-6(18-9(10,11)12)4(3-14)7(13)15-5/h2H,3,14H2,1H3. The van der Waals surface area contributed by atoms with Crippen LogP contribution in [0, 0.1) is 3.70 Å². The molecule has 0 atom stereocenters. The summed E-state index contributed by atoms with van der Waals surface area (Å²) in [6.07, 6.45) is -4.87. The van der Waals surface area contributed by atoms with Crippen molar-refractivity contribution >= 4 is 28.6 Å². The van der Waals surface area contributed by atoms with Crippen LogP contribution in [0.5, 0.6) is 5.75 Å². The van der Waals surface area contributed by atoms with E-state index in [-0.39, 0.29) is 21.5 Å². The second-order valence-corrected chi connectivity index (χ2v) is 4.04. The summed E-state index contributed by atoms with van der Waals surface area (Å²) in [5, 5.41) is 0. The van der Waals surface area contributed by atoms with E-state index in [4.69, 9.17) is 5.73 Å². The maximum atomic E-state index is 12.2. The van der Waals surface area contributed by atoms with Gasteiger partial charge in [0.05, 0.1) is 7.11 Å². The fourth-order valence-corrected chi connectivity index (χ4v) is 1.87. The van der Waals surface area contributed by atoms with Gasteiger partial charge >= 0.3 is 12.3 Å². The number of hydrogen-bond donors (Lipinski definition) is 1. The van der Waals surface area contributed by atoms with Crippen molar-refractivity contribution in [2.45, 2.75) is 12.9 Å². The fourth-order valence-electron chi connectivity index (χ4n) is 1.13. The maximum Gasteiger partial charge on any atom is 0.573 e. The summed E-state index contributed by atoms with van der Waals surface area (Å²) >= 11 is 1.67. The average molecular weight is 376 g/mol. The van der Waals surface area contributed by atoms with Crippen LogP contribution in [0.2, 0.25) is 0 Å². The van der Waals surface area contributed by atoms with Crippen molar-refractivity contribution in [3.8, 4) is 5.75 Å². The molecule has 0 aliphatic heterocycles. The number of halogens is 4. The molecule has 1 heterocycles. The van der Waals surface area contributed by atoms with Crippen LogP contribution in [-0.2, 0) is 11.3 Å². The molecule has 0 unspecified atom stereocenters. The lowest BCUT2D eigenvalue weighted by molar-refractivity contribution is -0.275. The number of nitrogens with two attached hydrogens (primary N) is 1. The van der Waals surface area contributed by atoms with E-state index in [0.717, 1.165) is 13.2 Å². The van der Waals surface area contributed by atoms with Gasteiger partial charge in [-0.2, -0.15) is 0 Å². The second kappa shape index (κ2) is 5.69. The number of carbonyl (C=O) groups is 1. The van der Waals surface area contributed by atoms with Gasteiger partial charge in [0, 0.05) is 18.2 Å². The Morgan fingerprint density at radius 3 is 2.61 bits per heavy atom. The summed E-state index contributed by atoms with van der Waals surface area (Å²) in [5.74, 6) is -1.41.